The van der Waals surface area contributed by atoms with E-state index >= 15 is 0 Å². The average Bonchev–Trinajstić information content (AvgIpc) is 2.38. The van der Waals surface area contributed by atoms with Crippen molar-refractivity contribution in [2.24, 2.45) is 5.92 Å². The van der Waals surface area contributed by atoms with Crippen LogP contribution in [0.25, 0.3) is 0 Å². The van der Waals surface area contributed by atoms with Gasteiger partial charge in [0, 0.05) is 23.7 Å². The van der Waals surface area contributed by atoms with E-state index in [-0.39, 0.29) is 0 Å². The van der Waals surface area contributed by atoms with Crippen molar-refractivity contribution < 1.29 is 4.74 Å². The number of ether oxygens (including phenoxy) is 1. The Labute approximate surface area is 102 Å². The lowest BCUT2D eigenvalue weighted by Gasteiger charge is -2.22. The second-order valence-corrected chi connectivity index (χ2v) is 5.07. The van der Waals surface area contributed by atoms with Crippen LogP contribution in [0.3, 0.4) is 0 Å². The zero-order valence-corrected chi connectivity index (χ0v) is 10.6. The molecule has 16 heavy (non-hydrogen) atoms. The van der Waals surface area contributed by atoms with Gasteiger partial charge in [0.1, 0.15) is 0 Å². The number of hydrogen-bond donors (Lipinski definition) is 1. The van der Waals surface area contributed by atoms with E-state index in [1.165, 1.54) is 23.4 Å². The molecule has 1 atom stereocenters. The van der Waals surface area contributed by atoms with Crippen molar-refractivity contribution in [3.63, 3.8) is 0 Å². The van der Waals surface area contributed by atoms with E-state index in [1.54, 1.807) is 11.8 Å². The van der Waals surface area contributed by atoms with E-state index in [4.69, 9.17) is 4.74 Å². The predicted octanol–water partition coefficient (Wildman–Crippen LogP) is 3.25. The Kier molecular flexibility index (Phi) is 4.55. The Balaban J connectivity index is 1.79. The van der Waals surface area contributed by atoms with Crippen molar-refractivity contribution >= 4 is 17.4 Å². The molecule has 0 aliphatic carbocycles. The molecule has 88 valence electrons. The van der Waals surface area contributed by atoms with Gasteiger partial charge in [-0.1, -0.05) is 0 Å². The SMILES string of the molecule is CSc1ccc(NCC2CCCOC2)cc1. The Morgan fingerprint density at radius 3 is 2.81 bits per heavy atom. The van der Waals surface area contributed by atoms with Gasteiger partial charge in [0.05, 0.1) is 6.61 Å². The first-order chi connectivity index (χ1) is 7.88. The highest BCUT2D eigenvalue weighted by molar-refractivity contribution is 7.98. The summed E-state index contributed by atoms with van der Waals surface area (Å²) >= 11 is 1.78. The highest BCUT2D eigenvalue weighted by atomic mass is 32.2. The lowest BCUT2D eigenvalue weighted by atomic mass is 10.0. The zero-order chi connectivity index (χ0) is 11.2. The monoisotopic (exact) mass is 237 g/mol. The molecule has 1 aliphatic heterocycles. The fraction of sp³-hybridized carbons (Fsp3) is 0.538. The van der Waals surface area contributed by atoms with Crippen molar-refractivity contribution in [3.05, 3.63) is 24.3 Å². The molecular weight excluding hydrogens is 218 g/mol. The maximum Gasteiger partial charge on any atom is 0.0511 e. The lowest BCUT2D eigenvalue weighted by Crippen LogP contribution is -2.24. The molecule has 2 nitrogen and oxygen atoms in total. The van der Waals surface area contributed by atoms with Gasteiger partial charge in [0.2, 0.25) is 0 Å². The smallest absolute Gasteiger partial charge is 0.0511 e. The third kappa shape index (κ3) is 3.42. The molecule has 2 rings (SSSR count). The minimum absolute atomic E-state index is 0.675. The third-order valence-electron chi connectivity index (χ3n) is 2.94. The summed E-state index contributed by atoms with van der Waals surface area (Å²) in [6.07, 6.45) is 4.59. The molecule has 0 aromatic heterocycles. The number of anilines is 1. The van der Waals surface area contributed by atoms with E-state index in [0.29, 0.717) is 5.92 Å². The molecule has 1 aromatic rings. The van der Waals surface area contributed by atoms with Crippen LogP contribution in [0.2, 0.25) is 0 Å². The molecule has 0 saturated carbocycles. The molecule has 1 heterocycles. The van der Waals surface area contributed by atoms with Gasteiger partial charge >= 0.3 is 0 Å². The van der Waals surface area contributed by atoms with Gasteiger partial charge < -0.3 is 10.1 Å². The summed E-state index contributed by atoms with van der Waals surface area (Å²) in [7, 11) is 0. The van der Waals surface area contributed by atoms with Crippen LogP contribution >= 0.6 is 11.8 Å². The van der Waals surface area contributed by atoms with Crippen LogP contribution in [0, 0.1) is 5.92 Å². The van der Waals surface area contributed by atoms with E-state index in [9.17, 15) is 0 Å². The summed E-state index contributed by atoms with van der Waals surface area (Å²) < 4.78 is 5.46. The number of nitrogens with one attached hydrogen (secondary N) is 1. The minimum atomic E-state index is 0.675. The highest BCUT2D eigenvalue weighted by Crippen LogP contribution is 2.19. The number of benzene rings is 1. The molecular formula is C13H19NOS. The topological polar surface area (TPSA) is 21.3 Å². The van der Waals surface area contributed by atoms with Crippen LogP contribution in [0.4, 0.5) is 5.69 Å². The van der Waals surface area contributed by atoms with Gasteiger partial charge in [-0.25, -0.2) is 0 Å². The summed E-state index contributed by atoms with van der Waals surface area (Å²) in [5, 5.41) is 3.48. The second-order valence-electron chi connectivity index (χ2n) is 4.19. The van der Waals surface area contributed by atoms with Gasteiger partial charge in [0.25, 0.3) is 0 Å². The molecule has 1 N–H and O–H groups in total. The maximum atomic E-state index is 5.46. The molecule has 1 fully saturated rings. The van der Waals surface area contributed by atoms with Crippen LogP contribution in [-0.2, 0) is 4.74 Å². The first kappa shape index (κ1) is 11.8. The van der Waals surface area contributed by atoms with E-state index in [0.717, 1.165) is 19.8 Å². The van der Waals surface area contributed by atoms with Crippen LogP contribution in [0.5, 0.6) is 0 Å². The first-order valence-electron chi connectivity index (χ1n) is 5.84. The summed E-state index contributed by atoms with van der Waals surface area (Å²) in [6, 6.07) is 8.61. The van der Waals surface area contributed by atoms with Crippen molar-refractivity contribution in [1.82, 2.24) is 0 Å². The zero-order valence-electron chi connectivity index (χ0n) is 9.74. The van der Waals surface area contributed by atoms with Crippen LogP contribution in [0.15, 0.2) is 29.2 Å². The van der Waals surface area contributed by atoms with Crippen molar-refractivity contribution in [2.75, 3.05) is 31.3 Å². The Hall–Kier alpha value is -0.670. The Morgan fingerprint density at radius 1 is 1.38 bits per heavy atom. The summed E-state index contributed by atoms with van der Waals surface area (Å²) in [5.41, 5.74) is 1.21. The van der Waals surface area contributed by atoms with E-state index in [1.807, 2.05) is 0 Å². The van der Waals surface area contributed by atoms with Crippen LogP contribution in [0.1, 0.15) is 12.8 Å². The summed E-state index contributed by atoms with van der Waals surface area (Å²) in [6.45, 7) is 2.88. The standard InChI is InChI=1S/C13H19NOS/c1-16-13-6-4-12(5-7-13)14-9-11-3-2-8-15-10-11/h4-7,11,14H,2-3,8-10H2,1H3. The maximum absolute atomic E-state index is 5.46. The van der Waals surface area contributed by atoms with Gasteiger partial charge in [-0.2, -0.15) is 0 Å². The van der Waals surface area contributed by atoms with E-state index < -0.39 is 0 Å². The Morgan fingerprint density at radius 2 is 2.19 bits per heavy atom. The van der Waals surface area contributed by atoms with Crippen LogP contribution in [-0.4, -0.2) is 26.0 Å². The predicted molar refractivity (Wildman–Crippen MR) is 70.3 cm³/mol. The summed E-state index contributed by atoms with van der Waals surface area (Å²) in [4.78, 5) is 1.31. The molecule has 3 heteroatoms. The van der Waals surface area contributed by atoms with Crippen molar-refractivity contribution in [1.29, 1.82) is 0 Å². The third-order valence-corrected chi connectivity index (χ3v) is 3.68. The minimum Gasteiger partial charge on any atom is -0.385 e. The quantitative estimate of drug-likeness (QED) is 0.812. The molecule has 0 bridgehead atoms. The van der Waals surface area contributed by atoms with E-state index in [2.05, 4.69) is 35.8 Å². The second kappa shape index (κ2) is 6.16. The fourth-order valence-corrected chi connectivity index (χ4v) is 2.35. The van der Waals surface area contributed by atoms with Crippen LogP contribution < -0.4 is 5.32 Å². The molecule has 1 aromatic carbocycles. The molecule has 1 aliphatic rings. The lowest BCUT2D eigenvalue weighted by molar-refractivity contribution is 0.0595. The molecule has 0 radical (unpaired) electrons. The van der Waals surface area contributed by atoms with Crippen molar-refractivity contribution in [2.45, 2.75) is 17.7 Å². The summed E-state index contributed by atoms with van der Waals surface area (Å²) in [5.74, 6) is 0.675. The average molecular weight is 237 g/mol. The number of rotatable bonds is 4. The highest BCUT2D eigenvalue weighted by Gasteiger charge is 2.13. The normalized spacial score (nSPS) is 20.7. The largest absolute Gasteiger partial charge is 0.385 e. The van der Waals surface area contributed by atoms with Gasteiger partial charge in [0.15, 0.2) is 0 Å². The molecule has 1 unspecified atom stereocenters. The van der Waals surface area contributed by atoms with Gasteiger partial charge in [-0.15, -0.1) is 11.8 Å². The van der Waals surface area contributed by atoms with Gasteiger partial charge in [-0.3, -0.25) is 0 Å². The van der Waals surface area contributed by atoms with Gasteiger partial charge in [-0.05, 0) is 49.3 Å². The van der Waals surface area contributed by atoms with Crippen molar-refractivity contribution in [3.8, 4) is 0 Å². The Bertz CT molecular complexity index is 306. The molecule has 0 spiro atoms. The number of hydrogen-bond acceptors (Lipinski definition) is 3. The number of thioether (sulfide) groups is 1. The molecule has 0 amide bonds. The fourth-order valence-electron chi connectivity index (χ4n) is 1.94. The molecule has 1 saturated heterocycles. The first-order valence-corrected chi connectivity index (χ1v) is 7.06.